The van der Waals surface area contributed by atoms with Gasteiger partial charge in [-0.05, 0) is 12.1 Å². The van der Waals surface area contributed by atoms with E-state index >= 15 is 0 Å². The molecule has 0 fully saturated rings. The van der Waals surface area contributed by atoms with Crippen LogP contribution < -0.4 is 0 Å². The van der Waals surface area contributed by atoms with Gasteiger partial charge in [-0.2, -0.15) is 0 Å². The van der Waals surface area contributed by atoms with Crippen LogP contribution >= 0.6 is 11.3 Å². The molecule has 0 aliphatic carbocycles. The molecule has 104 valence electrons. The standard InChI is InChI=1S/C12H11N3O3S2/c1-15(2)20(16,17)9-4-3-8(12-13-5-6-19-12)11-10(9)14-7-18-11/h3-7H,1-2H3. The van der Waals surface area contributed by atoms with Gasteiger partial charge in [-0.25, -0.2) is 22.7 Å². The van der Waals surface area contributed by atoms with Crippen LogP contribution in [0.15, 0.2) is 39.4 Å². The van der Waals surface area contributed by atoms with Gasteiger partial charge in [0.05, 0.1) is 5.56 Å². The second-order valence-electron chi connectivity index (χ2n) is 4.27. The van der Waals surface area contributed by atoms with Crippen LogP contribution in [0.2, 0.25) is 0 Å². The third-order valence-corrected chi connectivity index (χ3v) is 5.52. The molecule has 0 amide bonds. The zero-order valence-corrected chi connectivity index (χ0v) is 12.4. The first-order valence-electron chi connectivity index (χ1n) is 5.70. The quantitative estimate of drug-likeness (QED) is 0.741. The number of hydrogen-bond donors (Lipinski definition) is 0. The van der Waals surface area contributed by atoms with Crippen molar-refractivity contribution in [3.8, 4) is 10.6 Å². The molecule has 1 aromatic carbocycles. The average molecular weight is 309 g/mol. The highest BCUT2D eigenvalue weighted by atomic mass is 32.2. The van der Waals surface area contributed by atoms with Gasteiger partial charge < -0.3 is 4.42 Å². The lowest BCUT2D eigenvalue weighted by atomic mass is 10.2. The van der Waals surface area contributed by atoms with Crippen LogP contribution in [0, 0.1) is 0 Å². The second kappa shape index (κ2) is 4.65. The lowest BCUT2D eigenvalue weighted by Crippen LogP contribution is -2.22. The van der Waals surface area contributed by atoms with Crippen LogP contribution in [0.4, 0.5) is 0 Å². The van der Waals surface area contributed by atoms with Crippen LogP contribution in [0.1, 0.15) is 0 Å². The Morgan fingerprint density at radius 1 is 1.25 bits per heavy atom. The molecular weight excluding hydrogens is 298 g/mol. The fourth-order valence-electron chi connectivity index (χ4n) is 1.86. The van der Waals surface area contributed by atoms with Gasteiger partial charge in [-0.3, -0.25) is 0 Å². The predicted octanol–water partition coefficient (Wildman–Crippen LogP) is 2.20. The molecule has 0 aliphatic heterocycles. The van der Waals surface area contributed by atoms with Crippen molar-refractivity contribution < 1.29 is 12.8 Å². The first kappa shape index (κ1) is 13.2. The lowest BCUT2D eigenvalue weighted by Gasteiger charge is -2.11. The minimum atomic E-state index is -3.57. The average Bonchev–Trinajstić information content (AvgIpc) is 3.08. The molecule has 0 aliphatic rings. The minimum Gasteiger partial charge on any atom is -0.443 e. The first-order chi connectivity index (χ1) is 9.51. The SMILES string of the molecule is CN(C)S(=O)(=O)c1ccc(-c2nccs2)c2ocnc12. The summed E-state index contributed by atoms with van der Waals surface area (Å²) in [6.45, 7) is 0. The fourth-order valence-corrected chi connectivity index (χ4v) is 3.54. The van der Waals surface area contributed by atoms with Crippen molar-refractivity contribution in [2.24, 2.45) is 0 Å². The van der Waals surface area contributed by atoms with Crippen LogP contribution in [0.3, 0.4) is 0 Å². The molecule has 0 N–H and O–H groups in total. The van der Waals surface area contributed by atoms with E-state index in [0.29, 0.717) is 11.1 Å². The molecule has 2 aromatic heterocycles. The van der Waals surface area contributed by atoms with Gasteiger partial charge in [-0.1, -0.05) is 0 Å². The number of fused-ring (bicyclic) bond motifs is 1. The van der Waals surface area contributed by atoms with Crippen molar-refractivity contribution in [1.29, 1.82) is 0 Å². The number of benzene rings is 1. The third-order valence-electron chi connectivity index (χ3n) is 2.87. The van der Waals surface area contributed by atoms with E-state index in [1.165, 1.54) is 37.9 Å². The van der Waals surface area contributed by atoms with Crippen molar-refractivity contribution in [2.75, 3.05) is 14.1 Å². The third kappa shape index (κ3) is 1.92. The Bertz CT molecular complexity index is 851. The summed E-state index contributed by atoms with van der Waals surface area (Å²) in [4.78, 5) is 8.39. The van der Waals surface area contributed by atoms with E-state index in [2.05, 4.69) is 9.97 Å². The van der Waals surface area contributed by atoms with Gasteiger partial charge >= 0.3 is 0 Å². The summed E-state index contributed by atoms with van der Waals surface area (Å²) < 4.78 is 31.1. The molecule has 3 rings (SSSR count). The maximum atomic E-state index is 12.3. The molecule has 0 radical (unpaired) electrons. The van der Waals surface area contributed by atoms with Crippen molar-refractivity contribution in [3.05, 3.63) is 30.1 Å². The van der Waals surface area contributed by atoms with E-state index in [1.807, 2.05) is 5.38 Å². The topological polar surface area (TPSA) is 76.3 Å². The van der Waals surface area contributed by atoms with Gasteiger partial charge in [0.1, 0.15) is 15.4 Å². The molecule has 3 aromatic rings. The van der Waals surface area contributed by atoms with E-state index in [1.54, 1.807) is 12.3 Å². The summed E-state index contributed by atoms with van der Waals surface area (Å²) >= 11 is 1.46. The van der Waals surface area contributed by atoms with E-state index in [4.69, 9.17) is 4.42 Å². The van der Waals surface area contributed by atoms with Crippen LogP contribution in [-0.2, 0) is 10.0 Å². The zero-order valence-electron chi connectivity index (χ0n) is 10.8. The molecule has 0 unspecified atom stereocenters. The number of thiazole rings is 1. The number of nitrogens with zero attached hydrogens (tertiary/aromatic N) is 3. The van der Waals surface area contributed by atoms with Crippen LogP contribution in [-0.4, -0.2) is 36.8 Å². The molecule has 0 saturated carbocycles. The highest BCUT2D eigenvalue weighted by Gasteiger charge is 2.24. The summed E-state index contributed by atoms with van der Waals surface area (Å²) in [6.07, 6.45) is 2.93. The number of sulfonamides is 1. The molecule has 0 atom stereocenters. The summed E-state index contributed by atoms with van der Waals surface area (Å²) in [5.41, 5.74) is 1.50. The molecule has 6 nitrogen and oxygen atoms in total. The number of oxazole rings is 1. The van der Waals surface area contributed by atoms with Gasteiger partial charge in [0.25, 0.3) is 0 Å². The van der Waals surface area contributed by atoms with Crippen LogP contribution in [0.5, 0.6) is 0 Å². The van der Waals surface area contributed by atoms with Gasteiger partial charge in [-0.15, -0.1) is 11.3 Å². The summed E-state index contributed by atoms with van der Waals surface area (Å²) in [5, 5.41) is 2.61. The zero-order chi connectivity index (χ0) is 14.3. The fraction of sp³-hybridized carbons (Fsp3) is 0.167. The first-order valence-corrected chi connectivity index (χ1v) is 8.02. The van der Waals surface area contributed by atoms with E-state index < -0.39 is 10.0 Å². The van der Waals surface area contributed by atoms with E-state index in [0.717, 1.165) is 14.9 Å². The second-order valence-corrected chi connectivity index (χ2v) is 7.28. The van der Waals surface area contributed by atoms with Crippen molar-refractivity contribution in [1.82, 2.24) is 14.3 Å². The molecule has 8 heteroatoms. The lowest BCUT2D eigenvalue weighted by molar-refractivity contribution is 0.521. The summed E-state index contributed by atoms with van der Waals surface area (Å²) in [6, 6.07) is 3.24. The Balaban J connectivity index is 2.31. The Hall–Kier alpha value is -1.77. The Labute approximate surface area is 119 Å². The normalized spacial score (nSPS) is 12.3. The summed E-state index contributed by atoms with van der Waals surface area (Å²) in [7, 11) is -0.601. The van der Waals surface area contributed by atoms with Crippen molar-refractivity contribution in [3.63, 3.8) is 0 Å². The highest BCUT2D eigenvalue weighted by Crippen LogP contribution is 2.33. The Kier molecular flexibility index (Phi) is 3.08. The van der Waals surface area contributed by atoms with Gasteiger partial charge in [0, 0.05) is 25.7 Å². The van der Waals surface area contributed by atoms with Gasteiger partial charge in [0.15, 0.2) is 12.0 Å². The molecule has 0 bridgehead atoms. The molecule has 0 saturated heterocycles. The van der Waals surface area contributed by atoms with Crippen molar-refractivity contribution in [2.45, 2.75) is 4.90 Å². The Morgan fingerprint density at radius 3 is 2.70 bits per heavy atom. The summed E-state index contributed by atoms with van der Waals surface area (Å²) in [5.74, 6) is 0. The number of hydrogen-bond acceptors (Lipinski definition) is 6. The monoisotopic (exact) mass is 309 g/mol. The largest absolute Gasteiger partial charge is 0.443 e. The molecule has 2 heterocycles. The number of rotatable bonds is 3. The smallest absolute Gasteiger partial charge is 0.244 e. The minimum absolute atomic E-state index is 0.131. The highest BCUT2D eigenvalue weighted by molar-refractivity contribution is 7.89. The van der Waals surface area contributed by atoms with E-state index in [9.17, 15) is 8.42 Å². The van der Waals surface area contributed by atoms with Gasteiger partial charge in [0.2, 0.25) is 10.0 Å². The molecule has 0 spiro atoms. The number of aromatic nitrogens is 2. The van der Waals surface area contributed by atoms with E-state index in [-0.39, 0.29) is 4.90 Å². The molecular formula is C12H11N3O3S2. The maximum Gasteiger partial charge on any atom is 0.244 e. The predicted molar refractivity (Wildman–Crippen MR) is 76.0 cm³/mol. The molecule has 20 heavy (non-hydrogen) atoms. The van der Waals surface area contributed by atoms with Crippen LogP contribution in [0.25, 0.3) is 21.7 Å². The Morgan fingerprint density at radius 2 is 2.05 bits per heavy atom. The van der Waals surface area contributed by atoms with Crippen molar-refractivity contribution >= 4 is 32.5 Å². The maximum absolute atomic E-state index is 12.3.